The number of fused-ring (bicyclic) bond motifs is 1. The number of benzene rings is 2. The zero-order chi connectivity index (χ0) is 19.5. The van der Waals surface area contributed by atoms with Crippen LogP contribution in [-0.2, 0) is 4.79 Å². The van der Waals surface area contributed by atoms with Crippen molar-refractivity contribution >= 4 is 33.1 Å². The fraction of sp³-hybridized carbons (Fsp3) is 0.333. The number of methoxy groups -OCH3 is 2. The van der Waals surface area contributed by atoms with Crippen LogP contribution in [0.5, 0.6) is 11.5 Å². The van der Waals surface area contributed by atoms with Crippen molar-refractivity contribution in [1.29, 1.82) is 0 Å². The van der Waals surface area contributed by atoms with Gasteiger partial charge in [-0.1, -0.05) is 12.1 Å². The molecule has 2 aromatic carbocycles. The molecule has 0 bridgehead atoms. The van der Waals surface area contributed by atoms with Crippen molar-refractivity contribution in [2.75, 3.05) is 32.6 Å². The predicted molar refractivity (Wildman–Crippen MR) is 111 cm³/mol. The lowest BCUT2D eigenvalue weighted by molar-refractivity contribution is -0.117. The van der Waals surface area contributed by atoms with Crippen molar-refractivity contribution < 1.29 is 14.3 Å². The first-order valence-corrected chi connectivity index (χ1v) is 10.1. The second-order valence-corrected chi connectivity index (χ2v) is 7.83. The number of carbonyl (C=O) groups excluding carboxylic acids is 1. The molecule has 2 heterocycles. The lowest BCUT2D eigenvalue weighted by atomic mass is 10.2. The maximum absolute atomic E-state index is 12.6. The summed E-state index contributed by atoms with van der Waals surface area (Å²) in [6.07, 6.45) is 2.10. The number of ether oxygens (including phenoxy) is 2. The molecule has 1 aliphatic heterocycles. The zero-order valence-electron chi connectivity index (χ0n) is 16.0. The molecule has 0 radical (unpaired) electrons. The van der Waals surface area contributed by atoms with Crippen molar-refractivity contribution in [3.8, 4) is 11.5 Å². The lowest BCUT2D eigenvalue weighted by Gasteiger charge is -2.22. The van der Waals surface area contributed by atoms with E-state index in [1.807, 2.05) is 24.3 Å². The number of nitrogens with one attached hydrogen (secondary N) is 1. The van der Waals surface area contributed by atoms with Gasteiger partial charge in [-0.2, -0.15) is 0 Å². The fourth-order valence-electron chi connectivity index (χ4n) is 3.63. The number of carbonyl (C=O) groups is 1. The molecule has 1 saturated heterocycles. The summed E-state index contributed by atoms with van der Waals surface area (Å²) in [6, 6.07) is 13.8. The Labute approximate surface area is 168 Å². The third-order valence-electron chi connectivity index (χ3n) is 4.97. The minimum Gasteiger partial charge on any atom is -0.493 e. The minimum absolute atomic E-state index is 0.0415. The van der Waals surface area contributed by atoms with Crippen molar-refractivity contribution in [2.45, 2.75) is 18.9 Å². The maximum Gasteiger partial charge on any atom is 0.238 e. The Hall–Kier alpha value is -2.64. The molecule has 1 aliphatic rings. The molecule has 6 nitrogen and oxygen atoms in total. The van der Waals surface area contributed by atoms with E-state index in [1.165, 1.54) is 4.70 Å². The van der Waals surface area contributed by atoms with Crippen molar-refractivity contribution in [1.82, 2.24) is 9.88 Å². The molecule has 0 saturated carbocycles. The van der Waals surface area contributed by atoms with Gasteiger partial charge < -0.3 is 14.8 Å². The summed E-state index contributed by atoms with van der Waals surface area (Å²) >= 11 is 1.72. The quantitative estimate of drug-likeness (QED) is 0.679. The van der Waals surface area contributed by atoms with Gasteiger partial charge in [0.1, 0.15) is 5.01 Å². The standard InChI is InChI=1S/C21H23N3O3S/c1-26-17-10-9-14(12-18(17)27-2)22-20(25)13-24-11-5-7-16(24)21-23-15-6-3-4-8-19(15)28-21/h3-4,6,8-10,12,16H,5,7,11,13H2,1-2H3,(H,22,25)/t16-/m1/s1. The molecule has 0 unspecified atom stereocenters. The van der Waals surface area contributed by atoms with Gasteiger partial charge in [-0.3, -0.25) is 9.69 Å². The third-order valence-corrected chi connectivity index (χ3v) is 6.11. The lowest BCUT2D eigenvalue weighted by Crippen LogP contribution is -2.32. The highest BCUT2D eigenvalue weighted by molar-refractivity contribution is 7.18. The minimum atomic E-state index is -0.0415. The molecule has 1 N–H and O–H groups in total. The molecule has 28 heavy (non-hydrogen) atoms. The Bertz CT molecular complexity index is 955. The monoisotopic (exact) mass is 397 g/mol. The average Bonchev–Trinajstić information content (AvgIpc) is 3.33. The molecule has 3 aromatic rings. The van der Waals surface area contributed by atoms with E-state index in [2.05, 4.69) is 16.3 Å². The fourth-order valence-corrected chi connectivity index (χ4v) is 4.76. The molecular formula is C21H23N3O3S. The zero-order valence-corrected chi connectivity index (χ0v) is 16.8. The van der Waals surface area contributed by atoms with Crippen LogP contribution in [0.4, 0.5) is 5.69 Å². The first-order chi connectivity index (χ1) is 13.7. The summed E-state index contributed by atoms with van der Waals surface area (Å²) in [6.45, 7) is 1.24. The summed E-state index contributed by atoms with van der Waals surface area (Å²) in [5.74, 6) is 1.19. The van der Waals surface area contributed by atoms with Gasteiger partial charge in [0.25, 0.3) is 0 Å². The second-order valence-electron chi connectivity index (χ2n) is 6.77. The van der Waals surface area contributed by atoms with Crippen LogP contribution in [0.25, 0.3) is 10.2 Å². The Kier molecular flexibility index (Phi) is 5.45. The summed E-state index contributed by atoms with van der Waals surface area (Å²) in [5.41, 5.74) is 1.72. The van der Waals surface area contributed by atoms with E-state index in [0.29, 0.717) is 23.7 Å². The Morgan fingerprint density at radius 2 is 2.04 bits per heavy atom. The summed E-state index contributed by atoms with van der Waals surface area (Å²) < 4.78 is 11.7. The summed E-state index contributed by atoms with van der Waals surface area (Å²) in [7, 11) is 3.17. The number of anilines is 1. The highest BCUT2D eigenvalue weighted by Gasteiger charge is 2.30. The molecule has 1 atom stereocenters. The van der Waals surface area contributed by atoms with Crippen LogP contribution in [0.1, 0.15) is 23.9 Å². The van der Waals surface area contributed by atoms with Crippen molar-refractivity contribution in [3.05, 3.63) is 47.5 Å². The second kappa shape index (κ2) is 8.16. The van der Waals surface area contributed by atoms with E-state index in [0.717, 1.165) is 29.9 Å². The van der Waals surface area contributed by atoms with Crippen LogP contribution < -0.4 is 14.8 Å². The van der Waals surface area contributed by atoms with Gasteiger partial charge in [0, 0.05) is 11.8 Å². The Morgan fingerprint density at radius 3 is 2.82 bits per heavy atom. The molecule has 0 aliphatic carbocycles. The van der Waals surface area contributed by atoms with Gasteiger partial charge in [-0.05, 0) is 43.7 Å². The number of hydrogen-bond acceptors (Lipinski definition) is 6. The van der Waals surface area contributed by atoms with E-state index in [-0.39, 0.29) is 11.9 Å². The van der Waals surface area contributed by atoms with E-state index in [9.17, 15) is 4.79 Å². The first-order valence-electron chi connectivity index (χ1n) is 9.29. The summed E-state index contributed by atoms with van der Waals surface area (Å²) in [4.78, 5) is 19.6. The topological polar surface area (TPSA) is 63.7 Å². The van der Waals surface area contributed by atoms with Crippen LogP contribution in [-0.4, -0.2) is 43.1 Å². The van der Waals surface area contributed by atoms with Crippen molar-refractivity contribution in [2.24, 2.45) is 0 Å². The normalized spacial score (nSPS) is 17.0. The van der Waals surface area contributed by atoms with Crippen LogP contribution >= 0.6 is 11.3 Å². The number of amides is 1. The number of thiazole rings is 1. The molecule has 1 fully saturated rings. The Balaban J connectivity index is 1.45. The molecule has 7 heteroatoms. The van der Waals surface area contributed by atoms with E-state index < -0.39 is 0 Å². The average molecular weight is 398 g/mol. The van der Waals surface area contributed by atoms with Gasteiger partial charge in [-0.15, -0.1) is 11.3 Å². The molecule has 4 rings (SSSR count). The molecular weight excluding hydrogens is 374 g/mol. The highest BCUT2D eigenvalue weighted by atomic mass is 32.1. The number of para-hydroxylation sites is 1. The molecule has 1 amide bonds. The van der Waals surface area contributed by atoms with Gasteiger partial charge in [-0.25, -0.2) is 4.98 Å². The van der Waals surface area contributed by atoms with E-state index in [1.54, 1.807) is 37.7 Å². The Morgan fingerprint density at radius 1 is 1.21 bits per heavy atom. The van der Waals surface area contributed by atoms with Crippen LogP contribution in [0.2, 0.25) is 0 Å². The third kappa shape index (κ3) is 3.81. The SMILES string of the molecule is COc1ccc(NC(=O)CN2CCC[C@@H]2c2nc3ccccc3s2)cc1OC. The number of aromatic nitrogens is 1. The van der Waals surface area contributed by atoms with E-state index >= 15 is 0 Å². The van der Waals surface area contributed by atoms with Gasteiger partial charge in [0.05, 0.1) is 37.0 Å². The van der Waals surface area contributed by atoms with Crippen LogP contribution in [0, 0.1) is 0 Å². The first kappa shape index (κ1) is 18.7. The molecule has 0 spiro atoms. The molecule has 146 valence electrons. The molecule has 1 aromatic heterocycles. The smallest absolute Gasteiger partial charge is 0.238 e. The predicted octanol–water partition coefficient (Wildman–Crippen LogP) is 4.09. The van der Waals surface area contributed by atoms with Crippen molar-refractivity contribution in [3.63, 3.8) is 0 Å². The number of nitrogens with zero attached hydrogens (tertiary/aromatic N) is 2. The van der Waals surface area contributed by atoms with Gasteiger partial charge in [0.15, 0.2) is 11.5 Å². The summed E-state index contributed by atoms with van der Waals surface area (Å²) in [5, 5.41) is 4.06. The highest BCUT2D eigenvalue weighted by Crippen LogP contribution is 2.36. The van der Waals surface area contributed by atoms with Crippen LogP contribution in [0.15, 0.2) is 42.5 Å². The van der Waals surface area contributed by atoms with E-state index in [4.69, 9.17) is 14.5 Å². The van der Waals surface area contributed by atoms with Crippen LogP contribution in [0.3, 0.4) is 0 Å². The maximum atomic E-state index is 12.6. The number of hydrogen-bond donors (Lipinski definition) is 1. The van der Waals surface area contributed by atoms with Gasteiger partial charge >= 0.3 is 0 Å². The number of likely N-dealkylation sites (tertiary alicyclic amines) is 1. The number of rotatable bonds is 6. The van der Waals surface area contributed by atoms with Gasteiger partial charge in [0.2, 0.25) is 5.91 Å². The largest absolute Gasteiger partial charge is 0.493 e.